The van der Waals surface area contributed by atoms with Crippen LogP contribution in [-0.4, -0.2) is 53.0 Å². The lowest BCUT2D eigenvalue weighted by Crippen LogP contribution is -2.38. The van der Waals surface area contributed by atoms with Gasteiger partial charge in [0.05, 0.1) is 0 Å². The summed E-state index contributed by atoms with van der Waals surface area (Å²) in [6.07, 6.45) is 8.88. The largest absolute Gasteiger partial charge is 0.364 e. The monoisotopic (exact) mass is 351 g/mol. The van der Waals surface area contributed by atoms with E-state index in [0.29, 0.717) is 24.3 Å². The lowest BCUT2D eigenvalue weighted by atomic mass is 10.1. The maximum absolute atomic E-state index is 12.5. The molecule has 0 aromatic carbocycles. The van der Waals surface area contributed by atoms with Crippen LogP contribution >= 0.6 is 0 Å². The molecule has 1 amide bonds. The molecular formula is C20H25N5O. The number of nitrogens with zero attached hydrogens (tertiary/aromatic N) is 4. The van der Waals surface area contributed by atoms with Gasteiger partial charge in [0.2, 0.25) is 0 Å². The molecule has 2 fully saturated rings. The Balaban J connectivity index is 1.49. The smallest absolute Gasteiger partial charge is 0.270 e. The Labute approximate surface area is 154 Å². The highest BCUT2D eigenvalue weighted by Gasteiger charge is 2.36. The van der Waals surface area contributed by atoms with Gasteiger partial charge in [-0.3, -0.25) is 14.8 Å². The zero-order valence-electron chi connectivity index (χ0n) is 15.1. The van der Waals surface area contributed by atoms with Crippen molar-refractivity contribution in [2.24, 2.45) is 0 Å². The van der Waals surface area contributed by atoms with Crippen molar-refractivity contribution in [2.45, 2.75) is 37.9 Å². The first-order valence-corrected chi connectivity index (χ1v) is 9.31. The number of carbonyl (C=O) groups excluding carboxylic acids is 1. The first-order chi connectivity index (χ1) is 12.7. The van der Waals surface area contributed by atoms with Crippen LogP contribution in [0.1, 0.15) is 35.3 Å². The Morgan fingerprint density at radius 1 is 1.23 bits per heavy atom. The predicted molar refractivity (Wildman–Crippen MR) is 101 cm³/mol. The highest BCUT2D eigenvalue weighted by atomic mass is 16.1. The van der Waals surface area contributed by atoms with Gasteiger partial charge in [-0.25, -0.2) is 0 Å². The summed E-state index contributed by atoms with van der Waals surface area (Å²) in [5.41, 5.74) is 2.57. The second-order valence-electron chi connectivity index (χ2n) is 7.29. The molecule has 0 saturated carbocycles. The zero-order chi connectivity index (χ0) is 17.9. The maximum Gasteiger partial charge on any atom is 0.270 e. The summed E-state index contributed by atoms with van der Waals surface area (Å²) in [6, 6.07) is 8.89. The van der Waals surface area contributed by atoms with Crippen molar-refractivity contribution >= 4 is 11.6 Å². The molecule has 0 aliphatic carbocycles. The molecule has 4 rings (SSSR count). The van der Waals surface area contributed by atoms with Crippen LogP contribution in [0.5, 0.6) is 0 Å². The van der Waals surface area contributed by atoms with Crippen molar-refractivity contribution in [2.75, 3.05) is 25.0 Å². The number of likely N-dealkylation sites (N-methyl/N-ethyl adjacent to an activating group) is 1. The summed E-state index contributed by atoms with van der Waals surface area (Å²) in [6.45, 7) is 2.68. The molecule has 2 saturated heterocycles. The Morgan fingerprint density at radius 3 is 2.96 bits per heavy atom. The molecule has 2 aliphatic heterocycles. The van der Waals surface area contributed by atoms with E-state index in [1.807, 2.05) is 24.3 Å². The third-order valence-electron chi connectivity index (χ3n) is 5.44. The van der Waals surface area contributed by atoms with E-state index in [0.717, 1.165) is 24.3 Å². The van der Waals surface area contributed by atoms with Gasteiger partial charge in [0.25, 0.3) is 5.91 Å². The van der Waals surface area contributed by atoms with Crippen molar-refractivity contribution in [1.29, 1.82) is 0 Å². The average molecular weight is 351 g/mol. The maximum atomic E-state index is 12.5. The number of anilines is 1. The third kappa shape index (κ3) is 3.55. The van der Waals surface area contributed by atoms with Crippen LogP contribution in [0.15, 0.2) is 42.9 Å². The second-order valence-corrected chi connectivity index (χ2v) is 7.29. The van der Waals surface area contributed by atoms with Gasteiger partial charge in [0.1, 0.15) is 5.69 Å². The molecule has 0 radical (unpaired) electrons. The molecule has 0 spiro atoms. The number of aromatic nitrogens is 2. The lowest BCUT2D eigenvalue weighted by Gasteiger charge is -2.30. The molecule has 4 heterocycles. The van der Waals surface area contributed by atoms with E-state index in [9.17, 15) is 4.79 Å². The molecule has 136 valence electrons. The number of hydrogen-bond donors (Lipinski definition) is 1. The Morgan fingerprint density at radius 2 is 2.12 bits per heavy atom. The molecule has 2 aliphatic rings. The molecule has 6 heteroatoms. The SMILES string of the molecule is CN1CC[C@H]2CC[C@@H](C1)N2c1ccnc(C(=O)NCc2cccnc2)c1. The lowest BCUT2D eigenvalue weighted by molar-refractivity contribution is 0.0946. The predicted octanol–water partition coefficient (Wildman–Crippen LogP) is 2.08. The van der Waals surface area contributed by atoms with Crippen molar-refractivity contribution in [3.63, 3.8) is 0 Å². The molecule has 0 unspecified atom stereocenters. The van der Waals surface area contributed by atoms with E-state index in [2.05, 4.69) is 32.1 Å². The minimum Gasteiger partial charge on any atom is -0.364 e. The van der Waals surface area contributed by atoms with E-state index in [4.69, 9.17) is 0 Å². The van der Waals surface area contributed by atoms with Crippen LogP contribution in [0.25, 0.3) is 0 Å². The molecule has 1 N–H and O–H groups in total. The summed E-state index contributed by atoms with van der Waals surface area (Å²) in [5.74, 6) is -0.144. The summed E-state index contributed by atoms with van der Waals surface area (Å²) in [5, 5.41) is 2.93. The van der Waals surface area contributed by atoms with Gasteiger partial charge >= 0.3 is 0 Å². The van der Waals surface area contributed by atoms with Crippen molar-refractivity contribution in [3.8, 4) is 0 Å². The van der Waals surface area contributed by atoms with Gasteiger partial charge in [-0.05, 0) is 56.6 Å². The van der Waals surface area contributed by atoms with Crippen molar-refractivity contribution in [3.05, 3.63) is 54.1 Å². The number of likely N-dealkylation sites (tertiary alicyclic amines) is 1. The molecule has 2 aromatic rings. The number of amides is 1. The van der Waals surface area contributed by atoms with Gasteiger partial charge in [0, 0.05) is 49.5 Å². The highest BCUT2D eigenvalue weighted by molar-refractivity contribution is 5.93. The fourth-order valence-corrected chi connectivity index (χ4v) is 4.15. The van der Waals surface area contributed by atoms with Crippen LogP contribution in [0.4, 0.5) is 5.69 Å². The van der Waals surface area contributed by atoms with Gasteiger partial charge in [-0.15, -0.1) is 0 Å². The van der Waals surface area contributed by atoms with E-state index < -0.39 is 0 Å². The molecule has 2 atom stereocenters. The van der Waals surface area contributed by atoms with E-state index in [1.165, 1.54) is 19.3 Å². The van der Waals surface area contributed by atoms with E-state index >= 15 is 0 Å². The van der Waals surface area contributed by atoms with Gasteiger partial charge in [-0.2, -0.15) is 0 Å². The zero-order valence-corrected chi connectivity index (χ0v) is 15.1. The second kappa shape index (κ2) is 7.41. The minimum absolute atomic E-state index is 0.144. The summed E-state index contributed by atoms with van der Waals surface area (Å²) >= 11 is 0. The Kier molecular flexibility index (Phi) is 4.84. The molecule has 26 heavy (non-hydrogen) atoms. The number of fused-ring (bicyclic) bond motifs is 2. The normalized spacial score (nSPS) is 22.9. The van der Waals surface area contributed by atoms with E-state index in [1.54, 1.807) is 18.6 Å². The number of hydrogen-bond acceptors (Lipinski definition) is 5. The van der Waals surface area contributed by atoms with Crippen molar-refractivity contribution < 1.29 is 4.79 Å². The number of carbonyl (C=O) groups is 1. The topological polar surface area (TPSA) is 61.4 Å². The number of pyridine rings is 2. The Hall–Kier alpha value is -2.47. The van der Waals surface area contributed by atoms with Crippen LogP contribution in [-0.2, 0) is 6.54 Å². The Bertz CT molecular complexity index is 766. The van der Waals surface area contributed by atoms with Gasteiger partial charge < -0.3 is 15.1 Å². The molecular weight excluding hydrogens is 326 g/mol. The van der Waals surface area contributed by atoms with Crippen molar-refractivity contribution in [1.82, 2.24) is 20.2 Å². The fraction of sp³-hybridized carbons (Fsp3) is 0.450. The molecule has 6 nitrogen and oxygen atoms in total. The minimum atomic E-state index is -0.144. The number of rotatable bonds is 4. The number of nitrogens with one attached hydrogen (secondary N) is 1. The van der Waals surface area contributed by atoms with Crippen LogP contribution in [0.2, 0.25) is 0 Å². The first-order valence-electron chi connectivity index (χ1n) is 9.31. The van der Waals surface area contributed by atoms with Crippen LogP contribution < -0.4 is 10.2 Å². The van der Waals surface area contributed by atoms with Crippen LogP contribution in [0, 0.1) is 0 Å². The van der Waals surface area contributed by atoms with E-state index in [-0.39, 0.29) is 5.91 Å². The first kappa shape index (κ1) is 17.0. The van der Waals surface area contributed by atoms with Crippen LogP contribution in [0.3, 0.4) is 0 Å². The standard InChI is InChI=1S/C20H25N5O/c1-24-10-7-16-4-5-18(14-24)25(16)17-6-9-22-19(11-17)20(26)23-13-15-3-2-8-21-12-15/h2-3,6,8-9,11-12,16,18H,4-5,7,10,13-14H2,1H3,(H,23,26)/t16-,18+/m1/s1. The molecule has 2 aromatic heterocycles. The summed E-state index contributed by atoms with van der Waals surface area (Å²) in [4.78, 5) is 25.8. The molecule has 2 bridgehead atoms. The van der Waals surface area contributed by atoms with Gasteiger partial charge in [0.15, 0.2) is 0 Å². The quantitative estimate of drug-likeness (QED) is 0.914. The average Bonchev–Trinajstić information content (AvgIpc) is 2.99. The fourth-order valence-electron chi connectivity index (χ4n) is 4.15. The summed E-state index contributed by atoms with van der Waals surface area (Å²) < 4.78 is 0. The van der Waals surface area contributed by atoms with Gasteiger partial charge in [-0.1, -0.05) is 6.07 Å². The third-order valence-corrected chi connectivity index (χ3v) is 5.44. The highest BCUT2D eigenvalue weighted by Crippen LogP contribution is 2.34. The summed E-state index contributed by atoms with van der Waals surface area (Å²) in [7, 11) is 2.20.